The maximum Gasteiger partial charge on any atom is 0.119 e. The van der Waals surface area contributed by atoms with Crippen molar-refractivity contribution in [1.29, 1.82) is 0 Å². The zero-order valence-corrected chi connectivity index (χ0v) is 12.9. The molecule has 1 aromatic carbocycles. The van der Waals surface area contributed by atoms with Crippen LogP contribution in [0.1, 0.15) is 31.7 Å². The third-order valence-corrected chi connectivity index (χ3v) is 4.83. The minimum absolute atomic E-state index is 0.608. The second-order valence-corrected chi connectivity index (χ2v) is 6.22. The number of anilines is 1. The van der Waals surface area contributed by atoms with Gasteiger partial charge in [0.25, 0.3) is 0 Å². The SMILES string of the molecule is CCC1CNC(C2CC2)CN1c1ccc(OC)cc1C. The van der Waals surface area contributed by atoms with Crippen LogP contribution in [0.3, 0.4) is 0 Å². The molecule has 0 bridgehead atoms. The van der Waals surface area contributed by atoms with Crippen molar-refractivity contribution in [2.24, 2.45) is 5.92 Å². The first-order chi connectivity index (χ1) is 9.72. The van der Waals surface area contributed by atoms with Gasteiger partial charge in [-0.25, -0.2) is 0 Å². The highest BCUT2D eigenvalue weighted by Crippen LogP contribution is 2.36. The maximum absolute atomic E-state index is 5.33. The lowest BCUT2D eigenvalue weighted by molar-refractivity contribution is 0.359. The lowest BCUT2D eigenvalue weighted by atomic mass is 10.0. The number of rotatable bonds is 4. The highest BCUT2D eigenvalue weighted by atomic mass is 16.5. The molecular formula is C17H26N2O. The van der Waals surface area contributed by atoms with Gasteiger partial charge in [0, 0.05) is 30.9 Å². The first-order valence-electron chi connectivity index (χ1n) is 7.87. The first kappa shape index (κ1) is 13.7. The van der Waals surface area contributed by atoms with Gasteiger partial charge in [-0.2, -0.15) is 0 Å². The standard InChI is InChI=1S/C17H26N2O/c1-4-14-10-18-16(13-5-6-13)11-19(14)17-8-7-15(20-3)9-12(17)2/h7-9,13-14,16,18H,4-6,10-11H2,1-3H3. The quantitative estimate of drug-likeness (QED) is 0.913. The third kappa shape index (κ3) is 2.64. The topological polar surface area (TPSA) is 24.5 Å². The fraction of sp³-hybridized carbons (Fsp3) is 0.647. The molecule has 2 unspecified atom stereocenters. The summed E-state index contributed by atoms with van der Waals surface area (Å²) < 4.78 is 5.33. The van der Waals surface area contributed by atoms with Gasteiger partial charge in [-0.1, -0.05) is 6.92 Å². The van der Waals surface area contributed by atoms with Gasteiger partial charge in [-0.15, -0.1) is 0 Å². The van der Waals surface area contributed by atoms with Crippen LogP contribution in [0.5, 0.6) is 5.75 Å². The molecule has 1 aliphatic carbocycles. The average Bonchev–Trinajstić information content (AvgIpc) is 3.31. The summed E-state index contributed by atoms with van der Waals surface area (Å²) in [7, 11) is 1.73. The largest absolute Gasteiger partial charge is 0.497 e. The molecule has 3 heteroatoms. The number of hydrogen-bond donors (Lipinski definition) is 1. The molecule has 2 atom stereocenters. The van der Waals surface area contributed by atoms with Gasteiger partial charge in [-0.05, 0) is 55.9 Å². The number of nitrogens with zero attached hydrogens (tertiary/aromatic N) is 1. The molecule has 2 aliphatic rings. The molecule has 1 aromatic rings. The van der Waals surface area contributed by atoms with Crippen molar-refractivity contribution in [3.63, 3.8) is 0 Å². The third-order valence-electron chi connectivity index (χ3n) is 4.83. The maximum atomic E-state index is 5.33. The number of ether oxygens (including phenoxy) is 1. The van der Waals surface area contributed by atoms with E-state index in [1.54, 1.807) is 7.11 Å². The fourth-order valence-electron chi connectivity index (χ4n) is 3.37. The van der Waals surface area contributed by atoms with Gasteiger partial charge in [-0.3, -0.25) is 0 Å². The summed E-state index contributed by atoms with van der Waals surface area (Å²) in [5.41, 5.74) is 2.70. The fourth-order valence-corrected chi connectivity index (χ4v) is 3.37. The molecule has 0 spiro atoms. The minimum atomic E-state index is 0.608. The van der Waals surface area contributed by atoms with Crippen molar-refractivity contribution < 1.29 is 4.74 Å². The van der Waals surface area contributed by atoms with Gasteiger partial charge < -0.3 is 15.0 Å². The molecule has 0 aromatic heterocycles. The summed E-state index contributed by atoms with van der Waals surface area (Å²) in [4.78, 5) is 2.62. The number of methoxy groups -OCH3 is 1. The first-order valence-corrected chi connectivity index (χ1v) is 7.87. The van der Waals surface area contributed by atoms with E-state index in [1.165, 1.54) is 30.5 Å². The van der Waals surface area contributed by atoms with E-state index in [4.69, 9.17) is 4.74 Å². The van der Waals surface area contributed by atoms with Crippen LogP contribution in [0.15, 0.2) is 18.2 Å². The van der Waals surface area contributed by atoms with Crippen LogP contribution in [-0.4, -0.2) is 32.3 Å². The number of aryl methyl sites for hydroxylation is 1. The van der Waals surface area contributed by atoms with Crippen LogP contribution in [0.25, 0.3) is 0 Å². The van der Waals surface area contributed by atoms with Crippen molar-refractivity contribution in [3.8, 4) is 5.75 Å². The predicted molar refractivity (Wildman–Crippen MR) is 83.7 cm³/mol. The monoisotopic (exact) mass is 274 g/mol. The number of nitrogens with one attached hydrogen (secondary N) is 1. The molecule has 110 valence electrons. The number of piperazine rings is 1. The van der Waals surface area contributed by atoms with E-state index in [2.05, 4.69) is 42.3 Å². The van der Waals surface area contributed by atoms with E-state index in [-0.39, 0.29) is 0 Å². The van der Waals surface area contributed by atoms with Gasteiger partial charge in [0.15, 0.2) is 0 Å². The Kier molecular flexibility index (Phi) is 3.88. The average molecular weight is 274 g/mol. The van der Waals surface area contributed by atoms with E-state index < -0.39 is 0 Å². The number of hydrogen-bond acceptors (Lipinski definition) is 3. The number of benzene rings is 1. The molecule has 0 radical (unpaired) electrons. The molecule has 2 fully saturated rings. The molecule has 1 aliphatic heterocycles. The zero-order valence-electron chi connectivity index (χ0n) is 12.9. The second-order valence-electron chi connectivity index (χ2n) is 6.22. The highest BCUT2D eigenvalue weighted by Gasteiger charge is 2.37. The Morgan fingerprint density at radius 3 is 2.75 bits per heavy atom. The van der Waals surface area contributed by atoms with Crippen LogP contribution < -0.4 is 15.0 Å². The van der Waals surface area contributed by atoms with E-state index in [1.807, 2.05) is 0 Å². The Balaban J connectivity index is 1.84. The van der Waals surface area contributed by atoms with Crippen LogP contribution in [-0.2, 0) is 0 Å². The van der Waals surface area contributed by atoms with Crippen molar-refractivity contribution in [2.75, 3.05) is 25.1 Å². The molecule has 3 rings (SSSR count). The van der Waals surface area contributed by atoms with Gasteiger partial charge >= 0.3 is 0 Å². The summed E-state index contributed by atoms with van der Waals surface area (Å²) in [5.74, 6) is 1.86. The highest BCUT2D eigenvalue weighted by molar-refractivity contribution is 5.57. The predicted octanol–water partition coefficient (Wildman–Crippen LogP) is 2.97. The smallest absolute Gasteiger partial charge is 0.119 e. The summed E-state index contributed by atoms with van der Waals surface area (Å²) in [6.45, 7) is 6.74. The van der Waals surface area contributed by atoms with E-state index in [0.717, 1.165) is 24.8 Å². The molecule has 1 heterocycles. The van der Waals surface area contributed by atoms with Gasteiger partial charge in [0.1, 0.15) is 5.75 Å². The molecule has 3 nitrogen and oxygen atoms in total. The Hall–Kier alpha value is -1.22. The van der Waals surface area contributed by atoms with Crippen LogP contribution >= 0.6 is 0 Å². The molecule has 20 heavy (non-hydrogen) atoms. The molecule has 1 N–H and O–H groups in total. The molecule has 0 amide bonds. The van der Waals surface area contributed by atoms with Crippen LogP contribution in [0, 0.1) is 12.8 Å². The Morgan fingerprint density at radius 1 is 1.35 bits per heavy atom. The lowest BCUT2D eigenvalue weighted by Crippen LogP contribution is -2.57. The summed E-state index contributed by atoms with van der Waals surface area (Å²) in [6, 6.07) is 7.75. The zero-order chi connectivity index (χ0) is 14.1. The summed E-state index contributed by atoms with van der Waals surface area (Å²) in [5, 5.41) is 3.76. The summed E-state index contributed by atoms with van der Waals surface area (Å²) in [6.07, 6.45) is 4.00. The lowest BCUT2D eigenvalue weighted by Gasteiger charge is -2.42. The minimum Gasteiger partial charge on any atom is -0.497 e. The van der Waals surface area contributed by atoms with E-state index in [0.29, 0.717) is 12.1 Å². The second kappa shape index (κ2) is 5.65. The van der Waals surface area contributed by atoms with Gasteiger partial charge in [0.2, 0.25) is 0 Å². The Morgan fingerprint density at radius 2 is 2.15 bits per heavy atom. The van der Waals surface area contributed by atoms with Gasteiger partial charge in [0.05, 0.1) is 7.11 Å². The van der Waals surface area contributed by atoms with Crippen molar-refractivity contribution in [1.82, 2.24) is 5.32 Å². The van der Waals surface area contributed by atoms with Crippen LogP contribution in [0.4, 0.5) is 5.69 Å². The normalized spacial score (nSPS) is 26.6. The molecule has 1 saturated carbocycles. The van der Waals surface area contributed by atoms with Crippen molar-refractivity contribution >= 4 is 5.69 Å². The van der Waals surface area contributed by atoms with Crippen LogP contribution in [0.2, 0.25) is 0 Å². The van der Waals surface area contributed by atoms with E-state index in [9.17, 15) is 0 Å². The molecule has 1 saturated heterocycles. The Bertz CT molecular complexity index is 470. The van der Waals surface area contributed by atoms with E-state index >= 15 is 0 Å². The summed E-state index contributed by atoms with van der Waals surface area (Å²) >= 11 is 0. The molecular weight excluding hydrogens is 248 g/mol. The van der Waals surface area contributed by atoms with Crippen molar-refractivity contribution in [2.45, 2.75) is 45.2 Å². The van der Waals surface area contributed by atoms with Crippen molar-refractivity contribution in [3.05, 3.63) is 23.8 Å². The Labute approximate surface area is 122 Å².